The molecule has 0 atom stereocenters. The third kappa shape index (κ3) is 5.37. The van der Waals surface area contributed by atoms with E-state index in [-0.39, 0.29) is 5.91 Å². The number of nitrogens with one attached hydrogen (secondary N) is 1. The molecule has 0 saturated carbocycles. The second kappa shape index (κ2) is 10.3. The first kappa shape index (κ1) is 22.7. The molecule has 0 aliphatic carbocycles. The van der Waals surface area contributed by atoms with E-state index in [9.17, 15) is 4.79 Å². The van der Waals surface area contributed by atoms with Crippen LogP contribution in [0.15, 0.2) is 24.5 Å². The highest BCUT2D eigenvalue weighted by Crippen LogP contribution is 2.35. The van der Waals surface area contributed by atoms with Crippen molar-refractivity contribution in [3.05, 3.63) is 35.8 Å². The minimum Gasteiger partial charge on any atom is -0.496 e. The standard InChI is InChI=1S/C23H32N4O4/c1-15(2)14-31-21-13-25-18(10-20(21)30-5)23(28)27-8-6-16(7-9-27)17-12-26-22(24-3)11-19(17)29-4/h10-13,15-16H,6-9,14H2,1-5H3,(H,24,26). The van der Waals surface area contributed by atoms with E-state index in [2.05, 4.69) is 29.1 Å². The smallest absolute Gasteiger partial charge is 0.272 e. The summed E-state index contributed by atoms with van der Waals surface area (Å²) in [5.74, 6) is 3.26. The van der Waals surface area contributed by atoms with Gasteiger partial charge < -0.3 is 24.4 Å². The number of nitrogens with zero attached hydrogens (tertiary/aromatic N) is 3. The minimum absolute atomic E-state index is 0.0946. The maximum Gasteiger partial charge on any atom is 0.272 e. The van der Waals surface area contributed by atoms with Crippen molar-refractivity contribution in [2.75, 3.05) is 46.3 Å². The van der Waals surface area contributed by atoms with Crippen molar-refractivity contribution in [3.63, 3.8) is 0 Å². The molecule has 31 heavy (non-hydrogen) atoms. The summed E-state index contributed by atoms with van der Waals surface area (Å²) in [6.07, 6.45) is 5.13. The number of hydrogen-bond acceptors (Lipinski definition) is 7. The largest absolute Gasteiger partial charge is 0.496 e. The number of aromatic nitrogens is 2. The lowest BCUT2D eigenvalue weighted by Gasteiger charge is -2.32. The summed E-state index contributed by atoms with van der Waals surface area (Å²) in [5, 5.41) is 3.03. The topological polar surface area (TPSA) is 85.8 Å². The van der Waals surface area contributed by atoms with Crippen LogP contribution in [0.1, 0.15) is 48.7 Å². The molecule has 1 N–H and O–H groups in total. The second-order valence-corrected chi connectivity index (χ2v) is 8.05. The quantitative estimate of drug-likeness (QED) is 0.688. The van der Waals surface area contributed by atoms with Crippen LogP contribution >= 0.6 is 0 Å². The zero-order valence-electron chi connectivity index (χ0n) is 19.0. The lowest BCUT2D eigenvalue weighted by molar-refractivity contribution is 0.0706. The molecule has 0 spiro atoms. The third-order valence-electron chi connectivity index (χ3n) is 5.44. The molecule has 1 aliphatic rings. The van der Waals surface area contributed by atoms with Crippen LogP contribution in [-0.2, 0) is 0 Å². The van der Waals surface area contributed by atoms with Crippen molar-refractivity contribution in [1.29, 1.82) is 0 Å². The Kier molecular flexibility index (Phi) is 7.55. The molecule has 1 saturated heterocycles. The van der Waals surface area contributed by atoms with Gasteiger partial charge >= 0.3 is 0 Å². The number of ether oxygens (including phenoxy) is 3. The van der Waals surface area contributed by atoms with Gasteiger partial charge in [-0.2, -0.15) is 0 Å². The van der Waals surface area contributed by atoms with Crippen LogP contribution in [0.3, 0.4) is 0 Å². The first-order chi connectivity index (χ1) is 15.0. The van der Waals surface area contributed by atoms with Crippen molar-refractivity contribution in [3.8, 4) is 17.2 Å². The molecule has 3 rings (SSSR count). The van der Waals surface area contributed by atoms with Gasteiger partial charge in [0, 0.05) is 44.0 Å². The maximum absolute atomic E-state index is 13.0. The summed E-state index contributed by atoms with van der Waals surface area (Å²) in [6.45, 7) is 6.00. The Morgan fingerprint density at radius 3 is 2.42 bits per heavy atom. The van der Waals surface area contributed by atoms with Gasteiger partial charge in [-0.15, -0.1) is 0 Å². The van der Waals surface area contributed by atoms with Crippen LogP contribution < -0.4 is 19.5 Å². The van der Waals surface area contributed by atoms with E-state index < -0.39 is 0 Å². The average molecular weight is 429 g/mol. The zero-order valence-corrected chi connectivity index (χ0v) is 19.0. The lowest BCUT2D eigenvalue weighted by Crippen LogP contribution is -2.38. The molecule has 0 radical (unpaired) electrons. The number of pyridine rings is 2. The minimum atomic E-state index is -0.0946. The fraction of sp³-hybridized carbons (Fsp3) is 0.522. The van der Waals surface area contributed by atoms with Crippen LogP contribution in [0, 0.1) is 5.92 Å². The molecule has 1 fully saturated rings. The van der Waals surface area contributed by atoms with E-state index in [1.807, 2.05) is 24.2 Å². The van der Waals surface area contributed by atoms with Gasteiger partial charge in [-0.1, -0.05) is 13.8 Å². The van der Waals surface area contributed by atoms with Crippen molar-refractivity contribution in [2.45, 2.75) is 32.6 Å². The van der Waals surface area contributed by atoms with Crippen LogP contribution in [0.4, 0.5) is 5.82 Å². The predicted octanol–water partition coefficient (Wildman–Crippen LogP) is 3.59. The van der Waals surface area contributed by atoms with E-state index in [1.54, 1.807) is 26.5 Å². The summed E-state index contributed by atoms with van der Waals surface area (Å²) in [6, 6.07) is 3.57. The van der Waals surface area contributed by atoms with Gasteiger partial charge in [0.2, 0.25) is 0 Å². The third-order valence-corrected chi connectivity index (χ3v) is 5.44. The number of piperidine rings is 1. The van der Waals surface area contributed by atoms with Gasteiger partial charge in [-0.3, -0.25) is 4.79 Å². The van der Waals surface area contributed by atoms with Gasteiger partial charge in [0.25, 0.3) is 5.91 Å². The fourth-order valence-corrected chi connectivity index (χ4v) is 3.69. The number of rotatable bonds is 8. The van der Waals surface area contributed by atoms with Crippen molar-refractivity contribution in [2.24, 2.45) is 5.92 Å². The second-order valence-electron chi connectivity index (χ2n) is 8.05. The molecule has 0 unspecified atom stereocenters. The molecule has 0 aromatic carbocycles. The summed E-state index contributed by atoms with van der Waals surface area (Å²) >= 11 is 0. The Balaban J connectivity index is 1.66. The van der Waals surface area contributed by atoms with Gasteiger partial charge in [-0.05, 0) is 24.7 Å². The van der Waals surface area contributed by atoms with E-state index in [0.29, 0.717) is 48.7 Å². The summed E-state index contributed by atoms with van der Waals surface area (Å²) in [7, 11) is 5.07. The summed E-state index contributed by atoms with van der Waals surface area (Å²) < 4.78 is 16.7. The molecule has 2 aromatic heterocycles. The van der Waals surface area contributed by atoms with Crippen molar-refractivity contribution < 1.29 is 19.0 Å². The molecule has 168 valence electrons. The van der Waals surface area contributed by atoms with E-state index >= 15 is 0 Å². The first-order valence-electron chi connectivity index (χ1n) is 10.6. The SMILES string of the molecule is CNc1cc(OC)c(C2CCN(C(=O)c3cc(OC)c(OCC(C)C)cn3)CC2)cn1. The van der Waals surface area contributed by atoms with E-state index in [0.717, 1.165) is 30.0 Å². The Labute approximate surface area is 183 Å². The molecular formula is C23H32N4O4. The zero-order chi connectivity index (χ0) is 22.4. The normalized spacial score (nSPS) is 14.5. The maximum atomic E-state index is 13.0. The van der Waals surface area contributed by atoms with Gasteiger partial charge in [0.05, 0.1) is 27.0 Å². The molecule has 2 aromatic rings. The number of carbonyl (C=O) groups excluding carboxylic acids is 1. The Morgan fingerprint density at radius 2 is 1.81 bits per heavy atom. The number of likely N-dealkylation sites (tertiary alicyclic amines) is 1. The first-order valence-corrected chi connectivity index (χ1v) is 10.6. The highest BCUT2D eigenvalue weighted by molar-refractivity contribution is 5.93. The van der Waals surface area contributed by atoms with Crippen molar-refractivity contribution >= 4 is 11.7 Å². The Hall–Kier alpha value is -3.03. The van der Waals surface area contributed by atoms with Crippen molar-refractivity contribution in [1.82, 2.24) is 14.9 Å². The van der Waals surface area contributed by atoms with Gasteiger partial charge in [0.1, 0.15) is 17.3 Å². The number of methoxy groups -OCH3 is 2. The van der Waals surface area contributed by atoms with Crippen LogP contribution in [0.2, 0.25) is 0 Å². The molecule has 0 bridgehead atoms. The lowest BCUT2D eigenvalue weighted by atomic mass is 9.89. The molecule has 3 heterocycles. The Morgan fingerprint density at radius 1 is 1.10 bits per heavy atom. The fourth-order valence-electron chi connectivity index (χ4n) is 3.69. The van der Waals surface area contributed by atoms with Crippen LogP contribution in [0.5, 0.6) is 17.2 Å². The average Bonchev–Trinajstić information content (AvgIpc) is 2.81. The number of hydrogen-bond donors (Lipinski definition) is 1. The number of anilines is 1. The molecule has 8 nitrogen and oxygen atoms in total. The number of amides is 1. The highest BCUT2D eigenvalue weighted by Gasteiger charge is 2.28. The van der Waals surface area contributed by atoms with Crippen LogP contribution in [-0.4, -0.2) is 61.7 Å². The monoisotopic (exact) mass is 428 g/mol. The highest BCUT2D eigenvalue weighted by atomic mass is 16.5. The number of carbonyl (C=O) groups is 1. The van der Waals surface area contributed by atoms with Gasteiger partial charge in [-0.25, -0.2) is 9.97 Å². The predicted molar refractivity (Wildman–Crippen MR) is 119 cm³/mol. The summed E-state index contributed by atoms with van der Waals surface area (Å²) in [5.41, 5.74) is 1.45. The molecular weight excluding hydrogens is 396 g/mol. The van der Waals surface area contributed by atoms with Gasteiger partial charge in [0.15, 0.2) is 11.5 Å². The molecule has 1 amide bonds. The van der Waals surface area contributed by atoms with Crippen LogP contribution in [0.25, 0.3) is 0 Å². The summed E-state index contributed by atoms with van der Waals surface area (Å²) in [4.78, 5) is 23.6. The van der Waals surface area contributed by atoms with E-state index in [4.69, 9.17) is 14.2 Å². The molecule has 1 aliphatic heterocycles. The Bertz CT molecular complexity index is 895. The van der Waals surface area contributed by atoms with E-state index in [1.165, 1.54) is 0 Å². The molecule has 8 heteroatoms.